The van der Waals surface area contributed by atoms with Crippen LogP contribution in [0.4, 0.5) is 0 Å². The summed E-state index contributed by atoms with van der Waals surface area (Å²) in [7, 11) is 0. The third-order valence-electron chi connectivity index (χ3n) is 1.76. The highest BCUT2D eigenvalue weighted by molar-refractivity contribution is 5.86. The molecule has 2 aromatic heterocycles. The quantitative estimate of drug-likeness (QED) is 0.697. The predicted octanol–water partition coefficient (Wildman–Crippen LogP) is 0.736. The Kier molecular flexibility index (Phi) is 1.51. The zero-order chi connectivity index (χ0) is 9.42. The van der Waals surface area contributed by atoms with Gasteiger partial charge in [0.05, 0.1) is 6.20 Å². The van der Waals surface area contributed by atoms with E-state index < -0.39 is 5.97 Å². The van der Waals surface area contributed by atoms with Crippen LogP contribution in [0.3, 0.4) is 0 Å². The van der Waals surface area contributed by atoms with Crippen molar-refractivity contribution >= 4 is 11.6 Å². The fourth-order valence-electron chi connectivity index (χ4n) is 1.18. The van der Waals surface area contributed by atoms with Crippen LogP contribution in [0, 0.1) is 6.92 Å². The molecular weight excluding hydrogens is 170 g/mol. The normalized spacial score (nSPS) is 10.5. The Hall–Kier alpha value is -1.91. The minimum atomic E-state index is -1.02. The number of nitrogens with zero attached hydrogens (tertiary/aromatic N) is 3. The molecule has 2 heterocycles. The van der Waals surface area contributed by atoms with Crippen molar-refractivity contribution in [1.82, 2.24) is 14.6 Å². The molecule has 0 unspecified atom stereocenters. The van der Waals surface area contributed by atoms with Crippen LogP contribution >= 0.6 is 0 Å². The molecule has 0 radical (unpaired) electrons. The van der Waals surface area contributed by atoms with E-state index in [4.69, 9.17) is 5.11 Å². The highest BCUT2D eigenvalue weighted by Crippen LogP contribution is 2.05. The molecule has 5 nitrogen and oxygen atoms in total. The van der Waals surface area contributed by atoms with Crippen LogP contribution in [-0.2, 0) is 0 Å². The van der Waals surface area contributed by atoms with Gasteiger partial charge in [-0.15, -0.1) is 0 Å². The lowest BCUT2D eigenvalue weighted by molar-refractivity contribution is 0.0690. The van der Waals surface area contributed by atoms with Gasteiger partial charge in [-0.05, 0) is 13.0 Å². The maximum atomic E-state index is 10.6. The number of aromatic carboxylic acids is 1. The van der Waals surface area contributed by atoms with Gasteiger partial charge in [0.1, 0.15) is 0 Å². The van der Waals surface area contributed by atoms with Gasteiger partial charge in [-0.2, -0.15) is 5.10 Å². The summed E-state index contributed by atoms with van der Waals surface area (Å²) in [4.78, 5) is 14.5. The maximum absolute atomic E-state index is 10.6. The average molecular weight is 177 g/mol. The minimum absolute atomic E-state index is 0.0468. The molecule has 0 saturated carbocycles. The van der Waals surface area contributed by atoms with E-state index in [2.05, 4.69) is 10.1 Å². The fraction of sp³-hybridized carbons (Fsp3) is 0.125. The molecule has 0 bridgehead atoms. The van der Waals surface area contributed by atoms with Gasteiger partial charge in [-0.1, -0.05) is 0 Å². The molecule has 0 spiro atoms. The Morgan fingerprint density at radius 2 is 2.38 bits per heavy atom. The summed E-state index contributed by atoms with van der Waals surface area (Å²) in [6.07, 6.45) is 1.58. The van der Waals surface area contributed by atoms with Crippen molar-refractivity contribution in [2.75, 3.05) is 0 Å². The topological polar surface area (TPSA) is 67.5 Å². The van der Waals surface area contributed by atoms with Crippen LogP contribution < -0.4 is 0 Å². The van der Waals surface area contributed by atoms with Crippen molar-refractivity contribution in [3.05, 3.63) is 29.7 Å². The third kappa shape index (κ3) is 1.14. The van der Waals surface area contributed by atoms with Gasteiger partial charge in [0.2, 0.25) is 0 Å². The van der Waals surface area contributed by atoms with Gasteiger partial charge >= 0.3 is 5.97 Å². The highest BCUT2D eigenvalue weighted by Gasteiger charge is 2.08. The van der Waals surface area contributed by atoms with Crippen molar-refractivity contribution in [2.24, 2.45) is 0 Å². The van der Waals surface area contributed by atoms with Crippen LogP contribution in [0.25, 0.3) is 5.65 Å². The second-order valence-corrected chi connectivity index (χ2v) is 2.69. The second-order valence-electron chi connectivity index (χ2n) is 2.69. The molecule has 0 saturated heterocycles. The summed E-state index contributed by atoms with van der Waals surface area (Å²) in [6, 6.07) is 3.15. The molecule has 0 atom stereocenters. The summed E-state index contributed by atoms with van der Waals surface area (Å²) >= 11 is 0. The van der Waals surface area contributed by atoms with Crippen LogP contribution in [0.1, 0.15) is 16.2 Å². The van der Waals surface area contributed by atoms with Gasteiger partial charge < -0.3 is 5.11 Å². The van der Waals surface area contributed by atoms with Gasteiger partial charge in [-0.3, -0.25) is 0 Å². The molecule has 1 N–H and O–H groups in total. The molecule has 0 aliphatic carbocycles. The fourth-order valence-corrected chi connectivity index (χ4v) is 1.18. The first kappa shape index (κ1) is 7.72. The molecular formula is C8H7N3O2. The lowest BCUT2D eigenvalue weighted by Crippen LogP contribution is -2.04. The van der Waals surface area contributed by atoms with E-state index >= 15 is 0 Å². The van der Waals surface area contributed by atoms with Crippen molar-refractivity contribution in [2.45, 2.75) is 6.92 Å². The Bertz CT molecular complexity index is 475. The lowest BCUT2D eigenvalue weighted by Gasteiger charge is -1.99. The van der Waals surface area contributed by atoms with Crippen molar-refractivity contribution in [3.8, 4) is 0 Å². The van der Waals surface area contributed by atoms with Gasteiger partial charge in [-0.25, -0.2) is 14.3 Å². The van der Waals surface area contributed by atoms with Crippen molar-refractivity contribution in [3.63, 3.8) is 0 Å². The zero-order valence-corrected chi connectivity index (χ0v) is 6.93. The monoisotopic (exact) mass is 177 g/mol. The largest absolute Gasteiger partial charge is 0.477 e. The molecule has 5 heteroatoms. The maximum Gasteiger partial charge on any atom is 0.354 e. The van der Waals surface area contributed by atoms with E-state index in [9.17, 15) is 4.79 Å². The zero-order valence-electron chi connectivity index (χ0n) is 6.93. The number of aromatic nitrogens is 3. The van der Waals surface area contributed by atoms with Crippen LogP contribution in [0.2, 0.25) is 0 Å². The summed E-state index contributed by atoms with van der Waals surface area (Å²) in [6.45, 7) is 1.79. The number of hydrogen-bond donors (Lipinski definition) is 1. The van der Waals surface area contributed by atoms with Crippen LogP contribution in [0.15, 0.2) is 18.3 Å². The van der Waals surface area contributed by atoms with Gasteiger partial charge in [0, 0.05) is 11.8 Å². The molecule has 2 rings (SSSR count). The van der Waals surface area contributed by atoms with Gasteiger partial charge in [0.15, 0.2) is 11.3 Å². The number of rotatable bonds is 1. The second kappa shape index (κ2) is 2.55. The molecule has 2 aromatic rings. The summed E-state index contributed by atoms with van der Waals surface area (Å²) in [5, 5.41) is 12.7. The molecule has 0 fully saturated rings. The lowest BCUT2D eigenvalue weighted by atomic mass is 10.3. The van der Waals surface area contributed by atoms with E-state index in [-0.39, 0.29) is 5.69 Å². The molecule has 66 valence electrons. The number of carbonyl (C=O) groups is 1. The first-order chi connectivity index (χ1) is 6.18. The Morgan fingerprint density at radius 3 is 3.08 bits per heavy atom. The first-order valence-corrected chi connectivity index (χ1v) is 3.73. The van der Waals surface area contributed by atoms with Crippen LogP contribution in [-0.4, -0.2) is 25.7 Å². The Labute approximate surface area is 73.6 Å². The number of fused-ring (bicyclic) bond motifs is 1. The van der Waals surface area contributed by atoms with Gasteiger partial charge in [0.25, 0.3) is 0 Å². The standard InChI is InChI=1S/C8H7N3O2/c1-5-4-6(8(12)13)10-7-2-3-9-11(5)7/h2-4H,1H3,(H,12,13). The number of aryl methyl sites for hydroxylation is 1. The van der Waals surface area contributed by atoms with E-state index in [0.717, 1.165) is 5.69 Å². The predicted molar refractivity (Wildman–Crippen MR) is 44.7 cm³/mol. The number of carboxylic acids is 1. The SMILES string of the molecule is Cc1cc(C(=O)O)nc2ccnn12. The average Bonchev–Trinajstić information content (AvgIpc) is 2.51. The van der Waals surface area contributed by atoms with E-state index in [1.165, 1.54) is 6.07 Å². The molecule has 0 aliphatic heterocycles. The number of carboxylic acid groups (broad SMARTS) is 1. The highest BCUT2D eigenvalue weighted by atomic mass is 16.4. The third-order valence-corrected chi connectivity index (χ3v) is 1.76. The minimum Gasteiger partial charge on any atom is -0.477 e. The summed E-state index contributed by atoms with van der Waals surface area (Å²) in [5.74, 6) is -1.02. The number of hydrogen-bond acceptors (Lipinski definition) is 3. The van der Waals surface area contributed by atoms with Crippen molar-refractivity contribution in [1.29, 1.82) is 0 Å². The van der Waals surface area contributed by atoms with Crippen LogP contribution in [0.5, 0.6) is 0 Å². The van der Waals surface area contributed by atoms with Crippen molar-refractivity contribution < 1.29 is 9.90 Å². The first-order valence-electron chi connectivity index (χ1n) is 3.73. The molecule has 0 aliphatic rings. The Balaban J connectivity index is 2.77. The Morgan fingerprint density at radius 1 is 1.62 bits per heavy atom. The molecule has 0 aromatic carbocycles. The van der Waals surface area contributed by atoms with E-state index in [1.807, 2.05) is 0 Å². The van der Waals surface area contributed by atoms with E-state index in [0.29, 0.717) is 5.65 Å². The summed E-state index contributed by atoms with van der Waals surface area (Å²) < 4.78 is 1.59. The summed E-state index contributed by atoms with van der Waals surface area (Å²) in [5.41, 5.74) is 1.36. The van der Waals surface area contributed by atoms with E-state index in [1.54, 1.807) is 23.7 Å². The molecule has 0 amide bonds. The molecule has 13 heavy (non-hydrogen) atoms. The smallest absolute Gasteiger partial charge is 0.354 e.